The molecule has 1 fully saturated rings. The minimum atomic E-state index is -0.0400. The van der Waals surface area contributed by atoms with E-state index in [9.17, 15) is 4.79 Å². The summed E-state index contributed by atoms with van der Waals surface area (Å²) in [5.74, 6) is 0.549. The highest BCUT2D eigenvalue weighted by molar-refractivity contribution is 7.71. The summed E-state index contributed by atoms with van der Waals surface area (Å²) < 4.78 is 5.29. The average molecular weight is 275 g/mol. The second-order valence-electron chi connectivity index (χ2n) is 4.69. The quantitative estimate of drug-likeness (QED) is 0.856. The molecular weight excluding hydrogens is 262 g/mol. The van der Waals surface area contributed by atoms with E-state index in [1.54, 1.807) is 4.90 Å². The number of carbonyl (C=O) groups excluding carboxylic acids is 1. The molecule has 0 bridgehead atoms. The zero-order chi connectivity index (χ0) is 13.4. The highest BCUT2D eigenvalue weighted by Crippen LogP contribution is 2.30. The van der Waals surface area contributed by atoms with E-state index in [2.05, 4.69) is 10.2 Å². The van der Waals surface area contributed by atoms with Crippen LogP contribution in [-0.2, 0) is 4.79 Å². The van der Waals surface area contributed by atoms with Gasteiger partial charge in [-0.05, 0) is 31.3 Å². The summed E-state index contributed by atoms with van der Waals surface area (Å²) in [6.07, 6.45) is 0.400. The Balaban J connectivity index is 1.84. The molecule has 0 aliphatic carbocycles. The van der Waals surface area contributed by atoms with Crippen LogP contribution in [0.2, 0.25) is 0 Å². The van der Waals surface area contributed by atoms with Crippen molar-refractivity contribution in [2.24, 2.45) is 0 Å². The normalized spacial score (nSPS) is 19.1. The zero-order valence-corrected chi connectivity index (χ0v) is 11.2. The van der Waals surface area contributed by atoms with Gasteiger partial charge < -0.3 is 9.32 Å². The van der Waals surface area contributed by atoms with Crippen LogP contribution >= 0.6 is 12.2 Å². The molecule has 1 amide bonds. The molecule has 0 saturated carbocycles. The highest BCUT2D eigenvalue weighted by Gasteiger charge is 2.34. The van der Waals surface area contributed by atoms with Crippen molar-refractivity contribution in [1.29, 1.82) is 0 Å². The molecule has 0 unspecified atom stereocenters. The van der Waals surface area contributed by atoms with Crippen LogP contribution < -0.4 is 4.90 Å². The zero-order valence-electron chi connectivity index (χ0n) is 10.4. The third-order valence-corrected chi connectivity index (χ3v) is 3.45. The number of aromatic amines is 1. The lowest BCUT2D eigenvalue weighted by Gasteiger charge is -2.16. The summed E-state index contributed by atoms with van der Waals surface area (Å²) in [7, 11) is 0. The molecule has 3 rings (SSSR count). The largest absolute Gasteiger partial charge is 0.414 e. The van der Waals surface area contributed by atoms with Crippen molar-refractivity contribution in [3.8, 4) is 0 Å². The van der Waals surface area contributed by atoms with E-state index in [4.69, 9.17) is 16.6 Å². The number of aromatic nitrogens is 2. The maximum absolute atomic E-state index is 12.1. The van der Waals surface area contributed by atoms with Gasteiger partial charge in [-0.25, -0.2) is 5.10 Å². The van der Waals surface area contributed by atoms with Crippen molar-refractivity contribution in [1.82, 2.24) is 10.2 Å². The Morgan fingerprint density at radius 2 is 2.16 bits per heavy atom. The third-order valence-electron chi connectivity index (χ3n) is 3.27. The number of rotatable bonds is 2. The van der Waals surface area contributed by atoms with Gasteiger partial charge in [0.25, 0.3) is 4.84 Å². The van der Waals surface area contributed by atoms with E-state index in [-0.39, 0.29) is 16.7 Å². The predicted molar refractivity (Wildman–Crippen MR) is 72.6 cm³/mol. The van der Waals surface area contributed by atoms with Gasteiger partial charge in [0, 0.05) is 18.7 Å². The van der Waals surface area contributed by atoms with Crippen molar-refractivity contribution in [3.63, 3.8) is 0 Å². The van der Waals surface area contributed by atoms with Crippen LogP contribution in [0, 0.1) is 11.8 Å². The lowest BCUT2D eigenvalue weighted by Crippen LogP contribution is -2.24. The lowest BCUT2D eigenvalue weighted by atomic mass is 10.1. The fourth-order valence-corrected chi connectivity index (χ4v) is 2.39. The average Bonchev–Trinajstić information content (AvgIpc) is 2.97. The first-order valence-corrected chi connectivity index (χ1v) is 6.47. The maximum Gasteiger partial charge on any atom is 0.284 e. The Morgan fingerprint density at radius 3 is 2.79 bits per heavy atom. The standard InChI is InChI=1S/C13H13N3O2S/c1-8-2-4-10(5-3-8)16-7-9(6-11(16)17)12-14-15-13(19)18-12/h2-5,9H,6-7H2,1H3,(H,15,19)/t9-/m0/s1. The van der Waals surface area contributed by atoms with E-state index in [0.29, 0.717) is 18.9 Å². The number of nitrogens with zero attached hydrogens (tertiary/aromatic N) is 2. The van der Waals surface area contributed by atoms with Crippen molar-refractivity contribution in [3.05, 3.63) is 40.6 Å². The highest BCUT2D eigenvalue weighted by atomic mass is 32.1. The molecule has 1 aromatic heterocycles. The van der Waals surface area contributed by atoms with Crippen molar-refractivity contribution < 1.29 is 9.21 Å². The number of aryl methyl sites for hydroxylation is 1. The SMILES string of the molecule is Cc1ccc(N2C[C@@H](c3n[nH]c(=S)o3)CC2=O)cc1. The van der Waals surface area contributed by atoms with Crippen LogP contribution in [0.5, 0.6) is 0 Å². The van der Waals surface area contributed by atoms with Gasteiger partial charge in [-0.2, -0.15) is 0 Å². The van der Waals surface area contributed by atoms with Gasteiger partial charge in [0.2, 0.25) is 11.8 Å². The molecule has 1 aliphatic heterocycles. The summed E-state index contributed by atoms with van der Waals surface area (Å²) in [6, 6.07) is 7.90. The Hall–Kier alpha value is -1.95. The summed E-state index contributed by atoms with van der Waals surface area (Å²) in [5.41, 5.74) is 2.08. The number of nitrogens with one attached hydrogen (secondary N) is 1. The molecule has 5 nitrogen and oxygen atoms in total. The van der Waals surface area contributed by atoms with E-state index < -0.39 is 0 Å². The molecule has 1 atom stereocenters. The summed E-state index contributed by atoms with van der Waals surface area (Å²) in [5, 5.41) is 6.59. The lowest BCUT2D eigenvalue weighted by molar-refractivity contribution is -0.117. The minimum Gasteiger partial charge on any atom is -0.414 e. The molecule has 0 spiro atoms. The molecule has 2 heterocycles. The first-order valence-electron chi connectivity index (χ1n) is 6.06. The van der Waals surface area contributed by atoms with Gasteiger partial charge in [-0.15, -0.1) is 5.10 Å². The number of benzene rings is 1. The molecule has 6 heteroatoms. The first kappa shape index (κ1) is 12.1. The summed E-state index contributed by atoms with van der Waals surface area (Å²) in [4.78, 5) is 14.1. The molecule has 1 N–H and O–H groups in total. The molecule has 1 saturated heterocycles. The van der Waals surface area contributed by atoms with E-state index in [1.807, 2.05) is 31.2 Å². The summed E-state index contributed by atoms with van der Waals surface area (Å²) in [6.45, 7) is 2.59. The molecule has 19 heavy (non-hydrogen) atoms. The molecule has 1 aliphatic rings. The van der Waals surface area contributed by atoms with Crippen LogP contribution in [-0.4, -0.2) is 22.6 Å². The molecule has 0 radical (unpaired) electrons. The van der Waals surface area contributed by atoms with Gasteiger partial charge >= 0.3 is 0 Å². The molecule has 98 valence electrons. The van der Waals surface area contributed by atoms with Gasteiger partial charge in [0.15, 0.2) is 0 Å². The Labute approximate surface area is 115 Å². The number of carbonyl (C=O) groups is 1. The van der Waals surface area contributed by atoms with Crippen LogP contribution in [0.1, 0.15) is 23.8 Å². The van der Waals surface area contributed by atoms with Crippen LogP contribution in [0.25, 0.3) is 0 Å². The Morgan fingerprint density at radius 1 is 1.42 bits per heavy atom. The molecule has 2 aromatic rings. The third kappa shape index (κ3) is 2.31. The summed E-state index contributed by atoms with van der Waals surface area (Å²) >= 11 is 4.85. The van der Waals surface area contributed by atoms with Gasteiger partial charge in [0.1, 0.15) is 0 Å². The number of hydrogen-bond acceptors (Lipinski definition) is 4. The van der Waals surface area contributed by atoms with E-state index in [1.165, 1.54) is 5.56 Å². The van der Waals surface area contributed by atoms with Crippen molar-refractivity contribution >= 4 is 23.8 Å². The number of amides is 1. The Bertz CT molecular complexity index is 659. The monoisotopic (exact) mass is 275 g/mol. The number of anilines is 1. The molecule has 1 aromatic carbocycles. The van der Waals surface area contributed by atoms with Crippen molar-refractivity contribution in [2.75, 3.05) is 11.4 Å². The van der Waals surface area contributed by atoms with Crippen LogP contribution in [0.15, 0.2) is 28.7 Å². The smallest absolute Gasteiger partial charge is 0.284 e. The fourth-order valence-electron chi connectivity index (χ4n) is 2.26. The van der Waals surface area contributed by atoms with Gasteiger partial charge in [-0.3, -0.25) is 4.79 Å². The minimum absolute atomic E-state index is 0.0400. The number of hydrogen-bond donors (Lipinski definition) is 1. The van der Waals surface area contributed by atoms with Crippen molar-refractivity contribution in [2.45, 2.75) is 19.3 Å². The second-order valence-corrected chi connectivity index (χ2v) is 5.06. The van der Waals surface area contributed by atoms with E-state index in [0.717, 1.165) is 5.69 Å². The van der Waals surface area contributed by atoms with Crippen LogP contribution in [0.3, 0.4) is 0 Å². The van der Waals surface area contributed by atoms with Crippen LogP contribution in [0.4, 0.5) is 5.69 Å². The van der Waals surface area contributed by atoms with Gasteiger partial charge in [-0.1, -0.05) is 17.7 Å². The maximum atomic E-state index is 12.1. The van der Waals surface area contributed by atoms with E-state index >= 15 is 0 Å². The predicted octanol–water partition coefficient (Wildman–Crippen LogP) is 2.56. The number of H-pyrrole nitrogens is 1. The first-order chi connectivity index (χ1) is 9.13. The molecular formula is C13H13N3O2S. The fraction of sp³-hybridized carbons (Fsp3) is 0.308. The van der Waals surface area contributed by atoms with Gasteiger partial charge in [0.05, 0.1) is 5.92 Å². The Kier molecular flexibility index (Phi) is 2.94. The second kappa shape index (κ2) is 4.62. The topological polar surface area (TPSA) is 62.1 Å².